The first-order valence-electron chi connectivity index (χ1n) is 6.75. The van der Waals surface area contributed by atoms with Crippen LogP contribution in [-0.4, -0.2) is 42.5 Å². The van der Waals surface area contributed by atoms with Crippen LogP contribution in [0.15, 0.2) is 0 Å². The van der Waals surface area contributed by atoms with Crippen molar-refractivity contribution in [1.29, 1.82) is 0 Å². The van der Waals surface area contributed by atoms with E-state index in [2.05, 4.69) is 31.4 Å². The molecule has 1 aliphatic rings. The number of nitrogens with one attached hydrogen (secondary N) is 2. The second-order valence-corrected chi connectivity index (χ2v) is 5.39. The number of carbonyl (C=O) groups excluding carboxylic acids is 2. The van der Waals surface area contributed by atoms with Crippen LogP contribution >= 0.6 is 0 Å². The van der Waals surface area contributed by atoms with Gasteiger partial charge in [0.25, 0.3) is 0 Å². The summed E-state index contributed by atoms with van der Waals surface area (Å²) < 4.78 is 0. The van der Waals surface area contributed by atoms with Gasteiger partial charge < -0.3 is 15.5 Å². The molecule has 1 saturated heterocycles. The maximum atomic E-state index is 11.8. The Bertz CT molecular complexity index is 305. The van der Waals surface area contributed by atoms with Crippen LogP contribution in [0.4, 0.5) is 4.79 Å². The fraction of sp³-hybridized carbons (Fsp3) is 0.846. The lowest BCUT2D eigenvalue weighted by Gasteiger charge is -2.31. The molecule has 1 aliphatic heterocycles. The van der Waals surface area contributed by atoms with Crippen LogP contribution in [0.25, 0.3) is 0 Å². The minimum atomic E-state index is -0.122. The number of rotatable bonds is 4. The standard InChI is InChI=1S/C13H25N3O2/c1-5-11(9(2)3)15-13(18)14-10-6-7-12(17)16(4)8-10/h9-11H,5-8H2,1-4H3,(H2,14,15,18). The average Bonchev–Trinajstić information content (AvgIpc) is 2.30. The van der Waals surface area contributed by atoms with Crippen LogP contribution in [0.5, 0.6) is 0 Å². The molecule has 2 unspecified atom stereocenters. The van der Waals surface area contributed by atoms with E-state index in [9.17, 15) is 9.59 Å². The molecule has 2 atom stereocenters. The molecule has 3 amide bonds. The van der Waals surface area contributed by atoms with Gasteiger partial charge in [-0.15, -0.1) is 0 Å². The predicted octanol–water partition coefficient (Wildman–Crippen LogP) is 1.34. The van der Waals surface area contributed by atoms with Gasteiger partial charge in [0, 0.05) is 32.1 Å². The topological polar surface area (TPSA) is 61.4 Å². The third-order valence-electron chi connectivity index (χ3n) is 3.52. The van der Waals surface area contributed by atoms with Gasteiger partial charge in [-0.05, 0) is 18.8 Å². The van der Waals surface area contributed by atoms with Crippen molar-refractivity contribution in [3.05, 3.63) is 0 Å². The molecule has 0 aromatic carbocycles. The Labute approximate surface area is 109 Å². The number of nitrogens with zero attached hydrogens (tertiary/aromatic N) is 1. The lowest BCUT2D eigenvalue weighted by atomic mass is 10.0. The first kappa shape index (κ1) is 14.8. The molecule has 2 N–H and O–H groups in total. The summed E-state index contributed by atoms with van der Waals surface area (Å²) in [7, 11) is 1.77. The summed E-state index contributed by atoms with van der Waals surface area (Å²) in [5.41, 5.74) is 0. The first-order chi connectivity index (χ1) is 8.43. The van der Waals surface area contributed by atoms with Gasteiger partial charge in [-0.3, -0.25) is 4.79 Å². The van der Waals surface area contributed by atoms with Crippen LogP contribution in [0.1, 0.15) is 40.0 Å². The molecule has 18 heavy (non-hydrogen) atoms. The van der Waals surface area contributed by atoms with Crippen molar-refractivity contribution >= 4 is 11.9 Å². The largest absolute Gasteiger partial charge is 0.344 e. The second-order valence-electron chi connectivity index (χ2n) is 5.39. The SMILES string of the molecule is CCC(NC(=O)NC1CCC(=O)N(C)C1)C(C)C. The minimum Gasteiger partial charge on any atom is -0.344 e. The van der Waals surface area contributed by atoms with E-state index in [1.54, 1.807) is 11.9 Å². The normalized spacial score (nSPS) is 21.9. The van der Waals surface area contributed by atoms with Crippen molar-refractivity contribution < 1.29 is 9.59 Å². The lowest BCUT2D eigenvalue weighted by molar-refractivity contribution is -0.132. The van der Waals surface area contributed by atoms with Crippen LogP contribution in [0, 0.1) is 5.92 Å². The van der Waals surface area contributed by atoms with Crippen molar-refractivity contribution in [3.8, 4) is 0 Å². The molecule has 5 nitrogen and oxygen atoms in total. The van der Waals surface area contributed by atoms with E-state index >= 15 is 0 Å². The van der Waals surface area contributed by atoms with Crippen molar-refractivity contribution in [2.75, 3.05) is 13.6 Å². The van der Waals surface area contributed by atoms with Gasteiger partial charge in [0.1, 0.15) is 0 Å². The van der Waals surface area contributed by atoms with Gasteiger partial charge in [0.05, 0.1) is 0 Å². The number of likely N-dealkylation sites (N-methyl/N-ethyl adjacent to an activating group) is 1. The van der Waals surface area contributed by atoms with Gasteiger partial charge in [0.2, 0.25) is 5.91 Å². The summed E-state index contributed by atoms with van der Waals surface area (Å²) in [6.07, 6.45) is 2.17. The number of hydrogen-bond donors (Lipinski definition) is 2. The molecule has 1 rings (SSSR count). The van der Waals surface area contributed by atoms with Crippen LogP contribution < -0.4 is 10.6 Å². The maximum absolute atomic E-state index is 11.8. The highest BCUT2D eigenvalue weighted by molar-refractivity contribution is 5.78. The Kier molecular flexibility index (Phi) is 5.44. The number of hydrogen-bond acceptors (Lipinski definition) is 2. The third kappa shape index (κ3) is 4.20. The Morgan fingerprint density at radius 3 is 2.67 bits per heavy atom. The van der Waals surface area contributed by atoms with Crippen LogP contribution in [-0.2, 0) is 4.79 Å². The van der Waals surface area contributed by atoms with Gasteiger partial charge in [-0.2, -0.15) is 0 Å². The summed E-state index contributed by atoms with van der Waals surface area (Å²) in [6.45, 7) is 6.87. The molecule has 0 aromatic rings. The molecular weight excluding hydrogens is 230 g/mol. The summed E-state index contributed by atoms with van der Waals surface area (Å²) in [6, 6.07) is 0.147. The van der Waals surface area contributed by atoms with E-state index in [1.807, 2.05) is 0 Å². The molecular formula is C13H25N3O2. The molecule has 0 saturated carbocycles. The van der Waals surface area contributed by atoms with E-state index < -0.39 is 0 Å². The molecule has 0 radical (unpaired) electrons. The first-order valence-corrected chi connectivity index (χ1v) is 6.75. The van der Waals surface area contributed by atoms with E-state index in [0.717, 1.165) is 12.8 Å². The van der Waals surface area contributed by atoms with E-state index in [0.29, 0.717) is 18.9 Å². The van der Waals surface area contributed by atoms with Crippen molar-refractivity contribution in [2.45, 2.75) is 52.1 Å². The number of amides is 3. The van der Waals surface area contributed by atoms with Gasteiger partial charge in [-0.1, -0.05) is 20.8 Å². The third-order valence-corrected chi connectivity index (χ3v) is 3.52. The molecule has 104 valence electrons. The molecule has 0 spiro atoms. The fourth-order valence-electron chi connectivity index (χ4n) is 2.27. The quantitative estimate of drug-likeness (QED) is 0.796. The minimum absolute atomic E-state index is 0.0670. The Hall–Kier alpha value is -1.26. The molecule has 1 fully saturated rings. The summed E-state index contributed by atoms with van der Waals surface area (Å²) in [4.78, 5) is 24.9. The van der Waals surface area contributed by atoms with Gasteiger partial charge in [-0.25, -0.2) is 4.79 Å². The summed E-state index contributed by atoms with van der Waals surface area (Å²) in [5, 5.41) is 5.93. The zero-order chi connectivity index (χ0) is 13.7. The highest BCUT2D eigenvalue weighted by Crippen LogP contribution is 2.10. The second kappa shape index (κ2) is 6.61. The van der Waals surface area contributed by atoms with Gasteiger partial charge >= 0.3 is 6.03 Å². The molecule has 1 heterocycles. The molecule has 5 heteroatoms. The number of carbonyl (C=O) groups is 2. The molecule has 0 aliphatic carbocycles. The highest BCUT2D eigenvalue weighted by Gasteiger charge is 2.24. The highest BCUT2D eigenvalue weighted by atomic mass is 16.2. The maximum Gasteiger partial charge on any atom is 0.315 e. The number of piperidine rings is 1. The van der Waals surface area contributed by atoms with E-state index in [1.165, 1.54) is 0 Å². The fourth-order valence-corrected chi connectivity index (χ4v) is 2.27. The lowest BCUT2D eigenvalue weighted by Crippen LogP contribution is -2.53. The predicted molar refractivity (Wildman–Crippen MR) is 71.2 cm³/mol. The van der Waals surface area contributed by atoms with Crippen molar-refractivity contribution in [1.82, 2.24) is 15.5 Å². The van der Waals surface area contributed by atoms with Crippen molar-refractivity contribution in [3.63, 3.8) is 0 Å². The Morgan fingerprint density at radius 2 is 2.17 bits per heavy atom. The van der Waals surface area contributed by atoms with Gasteiger partial charge in [0.15, 0.2) is 0 Å². The van der Waals surface area contributed by atoms with E-state index in [4.69, 9.17) is 0 Å². The van der Waals surface area contributed by atoms with E-state index in [-0.39, 0.29) is 24.0 Å². The number of likely N-dealkylation sites (tertiary alicyclic amines) is 1. The smallest absolute Gasteiger partial charge is 0.315 e. The summed E-state index contributed by atoms with van der Waals surface area (Å²) in [5.74, 6) is 0.582. The average molecular weight is 255 g/mol. The molecule has 0 bridgehead atoms. The zero-order valence-electron chi connectivity index (χ0n) is 11.8. The Balaban J connectivity index is 2.38. The Morgan fingerprint density at radius 1 is 1.50 bits per heavy atom. The summed E-state index contributed by atoms with van der Waals surface area (Å²) >= 11 is 0. The monoisotopic (exact) mass is 255 g/mol. The number of urea groups is 1. The zero-order valence-corrected chi connectivity index (χ0v) is 11.8. The van der Waals surface area contributed by atoms with Crippen LogP contribution in [0.3, 0.4) is 0 Å². The molecule has 0 aromatic heterocycles. The van der Waals surface area contributed by atoms with Crippen molar-refractivity contribution in [2.24, 2.45) is 5.92 Å². The van der Waals surface area contributed by atoms with Crippen LogP contribution in [0.2, 0.25) is 0 Å².